The van der Waals surface area contributed by atoms with Crippen molar-refractivity contribution in [2.75, 3.05) is 0 Å². The molecule has 0 fully saturated rings. The number of nitrogens with zero attached hydrogens (tertiary/aromatic N) is 3. The van der Waals surface area contributed by atoms with Gasteiger partial charge in [0.1, 0.15) is 5.75 Å². The molecule has 0 saturated carbocycles. The zero-order valence-corrected chi connectivity index (χ0v) is 19.6. The second-order valence-electron chi connectivity index (χ2n) is 8.76. The number of aromatic nitrogens is 5. The Balaban J connectivity index is 1.26. The number of aromatic amines is 2. The minimum atomic E-state index is -1.07. The molecule has 0 aliphatic heterocycles. The van der Waals surface area contributed by atoms with Crippen LogP contribution in [0.15, 0.2) is 91.3 Å². The maximum Gasteiger partial charge on any atom is 0.214 e. The van der Waals surface area contributed by atoms with Crippen molar-refractivity contribution in [2.45, 2.75) is 0 Å². The highest BCUT2D eigenvalue weighted by atomic mass is 19.2. The lowest BCUT2D eigenvalue weighted by atomic mass is 10.1. The van der Waals surface area contributed by atoms with Gasteiger partial charge < -0.3 is 9.72 Å². The van der Waals surface area contributed by atoms with Crippen molar-refractivity contribution in [1.82, 2.24) is 24.6 Å². The number of halogens is 2. The number of imidazole rings is 1. The highest BCUT2D eigenvalue weighted by Gasteiger charge is 2.21. The number of fused-ring (bicyclic) bond motifs is 4. The molecule has 4 aromatic heterocycles. The van der Waals surface area contributed by atoms with Crippen LogP contribution in [0.5, 0.6) is 11.5 Å². The molecule has 0 spiro atoms. The van der Waals surface area contributed by atoms with E-state index >= 15 is 0 Å². The van der Waals surface area contributed by atoms with Crippen molar-refractivity contribution in [3.63, 3.8) is 0 Å². The minimum Gasteiger partial charge on any atom is -0.454 e. The molecule has 4 heterocycles. The largest absolute Gasteiger partial charge is 0.454 e. The predicted octanol–water partition coefficient (Wildman–Crippen LogP) is 6.66. The Hall–Kier alpha value is -5.31. The van der Waals surface area contributed by atoms with Crippen LogP contribution in [-0.4, -0.2) is 30.3 Å². The van der Waals surface area contributed by atoms with E-state index in [0.717, 1.165) is 28.2 Å². The highest BCUT2D eigenvalue weighted by Crippen LogP contribution is 2.31. The Labute approximate surface area is 213 Å². The number of rotatable bonds is 5. The van der Waals surface area contributed by atoms with Crippen LogP contribution in [0.25, 0.3) is 38.8 Å². The number of hydrogen-bond donors (Lipinski definition) is 2. The maximum atomic E-state index is 14.1. The topological polar surface area (TPSA) is 88.1 Å². The van der Waals surface area contributed by atoms with Gasteiger partial charge in [0, 0.05) is 34.9 Å². The third kappa shape index (κ3) is 3.44. The summed E-state index contributed by atoms with van der Waals surface area (Å²) in [6.45, 7) is 0. The molecule has 9 heteroatoms. The summed E-state index contributed by atoms with van der Waals surface area (Å²) < 4.78 is 34.8. The highest BCUT2D eigenvalue weighted by molar-refractivity contribution is 6.14. The Bertz CT molecular complexity index is 2010. The lowest BCUT2D eigenvalue weighted by Crippen LogP contribution is -2.01. The lowest BCUT2D eigenvalue weighted by molar-refractivity contribution is 0.103. The van der Waals surface area contributed by atoms with E-state index < -0.39 is 11.6 Å². The minimum absolute atomic E-state index is 0.228. The molecule has 0 aliphatic carbocycles. The van der Waals surface area contributed by atoms with Gasteiger partial charge in [-0.25, -0.2) is 13.9 Å². The third-order valence-electron chi connectivity index (χ3n) is 6.44. The molecule has 0 amide bonds. The molecule has 184 valence electrons. The average molecular weight is 505 g/mol. The van der Waals surface area contributed by atoms with E-state index in [1.165, 1.54) is 12.1 Å². The van der Waals surface area contributed by atoms with Crippen LogP contribution in [0.2, 0.25) is 0 Å². The summed E-state index contributed by atoms with van der Waals surface area (Å²) >= 11 is 0. The zero-order chi connectivity index (χ0) is 25.8. The molecule has 0 unspecified atom stereocenters. The van der Waals surface area contributed by atoms with Gasteiger partial charge in [-0.2, -0.15) is 4.39 Å². The fourth-order valence-electron chi connectivity index (χ4n) is 4.65. The molecule has 7 rings (SSSR count). The standard InChI is InChI=1S/C29H17F2N5O2/c30-20-6-4-9-26(27(20)31)38-16-10-11-25-23(13-16)35-29-19(15-33-36(25)29)28(37)24-14-18-17(5-3-8-22(18)34-24)21-7-1-2-12-32-21/h1-15,33-34H. The molecular weight excluding hydrogens is 488 g/mol. The number of benzene rings is 3. The van der Waals surface area contributed by atoms with Gasteiger partial charge in [0.2, 0.25) is 11.6 Å². The molecule has 0 bridgehead atoms. The maximum absolute atomic E-state index is 14.1. The van der Waals surface area contributed by atoms with Crippen LogP contribution < -0.4 is 4.74 Å². The quantitative estimate of drug-likeness (QED) is 0.256. The second-order valence-corrected chi connectivity index (χ2v) is 8.76. The summed E-state index contributed by atoms with van der Waals surface area (Å²) in [4.78, 5) is 25.9. The monoisotopic (exact) mass is 505 g/mol. The molecule has 38 heavy (non-hydrogen) atoms. The number of H-pyrrole nitrogens is 2. The summed E-state index contributed by atoms with van der Waals surface area (Å²) in [5.74, 6) is -2.23. The van der Waals surface area contributed by atoms with Crippen LogP contribution in [0.4, 0.5) is 8.78 Å². The molecule has 0 atom stereocenters. The average Bonchev–Trinajstić information content (AvgIpc) is 3.64. The Kier molecular flexibility index (Phi) is 4.83. The molecule has 0 radical (unpaired) electrons. The molecule has 0 aliphatic rings. The first kappa shape index (κ1) is 21.9. The van der Waals surface area contributed by atoms with Crippen LogP contribution in [0.1, 0.15) is 16.1 Å². The summed E-state index contributed by atoms with van der Waals surface area (Å²) in [6.07, 6.45) is 3.35. The Morgan fingerprint density at radius 3 is 2.71 bits per heavy atom. The van der Waals surface area contributed by atoms with E-state index in [2.05, 4.69) is 20.1 Å². The zero-order valence-electron chi connectivity index (χ0n) is 19.6. The van der Waals surface area contributed by atoms with Crippen LogP contribution in [0, 0.1) is 11.6 Å². The number of carbonyl (C=O) groups is 1. The van der Waals surface area contributed by atoms with Crippen molar-refractivity contribution in [3.05, 3.63) is 114 Å². The smallest absolute Gasteiger partial charge is 0.214 e. The number of hydrogen-bond acceptors (Lipinski definition) is 4. The van der Waals surface area contributed by atoms with Gasteiger partial charge in [0.15, 0.2) is 17.2 Å². The van der Waals surface area contributed by atoms with Crippen LogP contribution in [0.3, 0.4) is 0 Å². The summed E-state index contributed by atoms with van der Waals surface area (Å²) in [7, 11) is 0. The van der Waals surface area contributed by atoms with Gasteiger partial charge in [0.05, 0.1) is 28.0 Å². The molecule has 0 saturated heterocycles. The first-order valence-electron chi connectivity index (χ1n) is 11.8. The van der Waals surface area contributed by atoms with Gasteiger partial charge in [-0.15, -0.1) is 0 Å². The van der Waals surface area contributed by atoms with E-state index in [9.17, 15) is 13.6 Å². The Morgan fingerprint density at radius 1 is 0.947 bits per heavy atom. The van der Waals surface area contributed by atoms with E-state index in [-0.39, 0.29) is 17.3 Å². The van der Waals surface area contributed by atoms with Crippen molar-refractivity contribution in [2.24, 2.45) is 0 Å². The number of carbonyl (C=O) groups excluding carboxylic acids is 1. The van der Waals surface area contributed by atoms with Crippen molar-refractivity contribution in [1.29, 1.82) is 0 Å². The van der Waals surface area contributed by atoms with Crippen LogP contribution in [-0.2, 0) is 0 Å². The number of pyridine rings is 1. The van der Waals surface area contributed by atoms with Crippen molar-refractivity contribution >= 4 is 33.4 Å². The molecular formula is C29H17F2N5O2. The summed E-state index contributed by atoms with van der Waals surface area (Å²) in [6, 6.07) is 22.0. The molecule has 2 N–H and O–H groups in total. The normalized spacial score (nSPS) is 11.5. The fourth-order valence-corrected chi connectivity index (χ4v) is 4.65. The van der Waals surface area contributed by atoms with Gasteiger partial charge in [0.25, 0.3) is 0 Å². The van der Waals surface area contributed by atoms with Gasteiger partial charge in [-0.1, -0.05) is 24.3 Å². The van der Waals surface area contributed by atoms with Crippen molar-refractivity contribution < 1.29 is 18.3 Å². The van der Waals surface area contributed by atoms with E-state index in [1.54, 1.807) is 35.1 Å². The van der Waals surface area contributed by atoms with E-state index in [0.29, 0.717) is 27.9 Å². The van der Waals surface area contributed by atoms with E-state index in [1.807, 2.05) is 42.5 Å². The van der Waals surface area contributed by atoms with Gasteiger partial charge in [-0.3, -0.25) is 14.9 Å². The summed E-state index contributed by atoms with van der Waals surface area (Å²) in [5.41, 5.74) is 5.01. The summed E-state index contributed by atoms with van der Waals surface area (Å²) in [5, 5.41) is 3.97. The van der Waals surface area contributed by atoms with E-state index in [4.69, 9.17) is 4.74 Å². The fraction of sp³-hybridized carbons (Fsp3) is 0. The number of ether oxygens (including phenoxy) is 1. The van der Waals surface area contributed by atoms with Gasteiger partial charge >= 0.3 is 0 Å². The van der Waals surface area contributed by atoms with Crippen LogP contribution >= 0.6 is 0 Å². The first-order valence-corrected chi connectivity index (χ1v) is 11.8. The molecule has 7 nitrogen and oxygen atoms in total. The van der Waals surface area contributed by atoms with Gasteiger partial charge in [-0.05, 0) is 48.5 Å². The predicted molar refractivity (Wildman–Crippen MR) is 138 cm³/mol. The van der Waals surface area contributed by atoms with Crippen molar-refractivity contribution in [3.8, 4) is 22.8 Å². The molecule has 7 aromatic rings. The first-order chi connectivity index (χ1) is 18.6. The molecule has 3 aromatic carbocycles. The second kappa shape index (κ2) is 8.38. The third-order valence-corrected chi connectivity index (χ3v) is 6.44. The Morgan fingerprint density at radius 2 is 1.84 bits per heavy atom. The number of ketones is 1. The SMILES string of the molecule is O=C(c1cc2c(-c3ccccn3)cccc2[nH]1)c1c[nH]n2c1nc1cc(Oc3cccc(F)c3F)ccc12. The number of nitrogens with one attached hydrogen (secondary N) is 2. The lowest BCUT2D eigenvalue weighted by Gasteiger charge is -2.06.